The summed E-state index contributed by atoms with van der Waals surface area (Å²) in [7, 11) is -1.57. The second-order valence-electron chi connectivity index (χ2n) is 4.98. The van der Waals surface area contributed by atoms with Gasteiger partial charge in [0.2, 0.25) is 0 Å². The Morgan fingerprint density at radius 1 is 1.25 bits per heavy atom. The second kappa shape index (κ2) is 10.0. The van der Waals surface area contributed by atoms with E-state index in [2.05, 4.69) is 0 Å². The summed E-state index contributed by atoms with van der Waals surface area (Å²) in [6, 6.07) is 8.52. The van der Waals surface area contributed by atoms with E-state index in [9.17, 15) is 9.18 Å². The highest BCUT2D eigenvalue weighted by Gasteiger charge is 2.39. The maximum absolute atomic E-state index is 14.0. The van der Waals surface area contributed by atoms with E-state index in [4.69, 9.17) is 23.0 Å². The molecule has 0 radical (unpaired) electrons. The van der Waals surface area contributed by atoms with E-state index in [0.29, 0.717) is 18.8 Å². The van der Waals surface area contributed by atoms with Gasteiger partial charge in [-0.3, -0.25) is 4.52 Å². The lowest BCUT2D eigenvalue weighted by atomic mass is 10.2. The number of carbonyl (C=O) groups is 1. The first kappa shape index (κ1) is 19.2. The maximum Gasteiger partial charge on any atom is 0.338 e. The van der Waals surface area contributed by atoms with Crippen molar-refractivity contribution in [2.75, 3.05) is 19.8 Å². The van der Waals surface area contributed by atoms with Gasteiger partial charge in [0.25, 0.3) is 0 Å². The fourth-order valence-corrected chi connectivity index (χ4v) is 3.05. The third-order valence-corrected chi connectivity index (χ3v) is 4.55. The quantitative estimate of drug-likeness (QED) is 0.495. The van der Waals surface area contributed by atoms with Crippen molar-refractivity contribution < 1.29 is 32.2 Å². The SMILES string of the molecule is CCOP(OCC)O[C@@H]1C[C@H](F)[C@@H](COC(=O)c2ccccc2)O1. The molecule has 24 heavy (non-hydrogen) atoms. The first-order chi connectivity index (χ1) is 11.6. The molecule has 8 heteroatoms. The van der Waals surface area contributed by atoms with Crippen molar-refractivity contribution in [2.45, 2.75) is 38.8 Å². The van der Waals surface area contributed by atoms with Crippen molar-refractivity contribution >= 4 is 14.6 Å². The highest BCUT2D eigenvalue weighted by molar-refractivity contribution is 7.41. The van der Waals surface area contributed by atoms with Crippen LogP contribution in [0.3, 0.4) is 0 Å². The molecule has 134 valence electrons. The van der Waals surface area contributed by atoms with Gasteiger partial charge in [0.1, 0.15) is 18.9 Å². The summed E-state index contributed by atoms with van der Waals surface area (Å²) in [5, 5.41) is 0. The molecule has 6 nitrogen and oxygen atoms in total. The fraction of sp³-hybridized carbons (Fsp3) is 0.562. The minimum absolute atomic E-state index is 0.0482. The third-order valence-electron chi connectivity index (χ3n) is 3.21. The van der Waals surface area contributed by atoms with Crippen LogP contribution in [-0.4, -0.2) is 44.4 Å². The smallest absolute Gasteiger partial charge is 0.338 e. The van der Waals surface area contributed by atoms with Crippen LogP contribution in [0.15, 0.2) is 30.3 Å². The number of carbonyl (C=O) groups excluding carboxylic acids is 1. The number of esters is 1. The molecule has 0 aliphatic carbocycles. The van der Waals surface area contributed by atoms with Gasteiger partial charge in [0.05, 0.1) is 18.8 Å². The molecular weight excluding hydrogens is 338 g/mol. The summed E-state index contributed by atoms with van der Waals surface area (Å²) in [5.74, 6) is -0.512. The molecule has 3 atom stereocenters. The Balaban J connectivity index is 1.79. The van der Waals surface area contributed by atoms with Gasteiger partial charge in [-0.2, -0.15) is 0 Å². The Morgan fingerprint density at radius 3 is 2.54 bits per heavy atom. The zero-order valence-corrected chi connectivity index (χ0v) is 14.6. The fourth-order valence-electron chi connectivity index (χ4n) is 2.10. The van der Waals surface area contributed by atoms with E-state index in [1.807, 2.05) is 13.8 Å². The number of halogens is 1. The standard InChI is InChI=1S/C16H22FO6P/c1-3-20-24(21-4-2)23-15-10-13(17)14(22-15)11-19-16(18)12-8-6-5-7-9-12/h5-9,13-15H,3-4,10-11H2,1-2H3/t13-,14+,15+/m0/s1. The first-order valence-electron chi connectivity index (χ1n) is 7.88. The molecule has 2 rings (SSSR count). The monoisotopic (exact) mass is 360 g/mol. The van der Waals surface area contributed by atoms with E-state index in [0.717, 1.165) is 0 Å². The van der Waals surface area contributed by atoms with Crippen molar-refractivity contribution in [2.24, 2.45) is 0 Å². The Bertz CT molecular complexity index is 497. The molecule has 1 saturated heterocycles. The van der Waals surface area contributed by atoms with Crippen molar-refractivity contribution in [1.82, 2.24) is 0 Å². The summed E-state index contributed by atoms with van der Waals surface area (Å²) >= 11 is 0. The molecule has 1 aliphatic heterocycles. The molecule has 1 aliphatic rings. The zero-order chi connectivity index (χ0) is 17.4. The predicted octanol–water partition coefficient (Wildman–Crippen LogP) is 3.61. The first-order valence-corrected chi connectivity index (χ1v) is 8.98. The van der Waals surface area contributed by atoms with Crippen molar-refractivity contribution in [1.29, 1.82) is 0 Å². The average Bonchev–Trinajstić information content (AvgIpc) is 2.93. The van der Waals surface area contributed by atoms with Gasteiger partial charge in [-0.25, -0.2) is 9.18 Å². The highest BCUT2D eigenvalue weighted by atomic mass is 31.2. The van der Waals surface area contributed by atoms with Crippen LogP contribution in [-0.2, 0) is 23.0 Å². The van der Waals surface area contributed by atoms with Crippen LogP contribution in [0.5, 0.6) is 0 Å². The van der Waals surface area contributed by atoms with E-state index in [-0.39, 0.29) is 13.0 Å². The van der Waals surface area contributed by atoms with Crippen molar-refractivity contribution in [3.05, 3.63) is 35.9 Å². The lowest BCUT2D eigenvalue weighted by Gasteiger charge is -2.19. The highest BCUT2D eigenvalue weighted by Crippen LogP contribution is 2.43. The van der Waals surface area contributed by atoms with Crippen molar-refractivity contribution in [3.8, 4) is 0 Å². The number of hydrogen-bond acceptors (Lipinski definition) is 6. The Labute approximate surface area is 142 Å². The van der Waals surface area contributed by atoms with Crippen LogP contribution in [0.25, 0.3) is 0 Å². The molecule has 1 aromatic carbocycles. The van der Waals surface area contributed by atoms with Gasteiger partial charge in [-0.1, -0.05) is 18.2 Å². The number of ether oxygens (including phenoxy) is 2. The Kier molecular flexibility index (Phi) is 8.02. The summed E-state index contributed by atoms with van der Waals surface area (Å²) < 4.78 is 40.7. The van der Waals surface area contributed by atoms with Crippen LogP contribution in [0.4, 0.5) is 4.39 Å². The maximum atomic E-state index is 14.0. The van der Waals surface area contributed by atoms with Crippen molar-refractivity contribution in [3.63, 3.8) is 0 Å². The minimum atomic E-state index is -1.57. The van der Waals surface area contributed by atoms with Gasteiger partial charge < -0.3 is 18.5 Å². The summed E-state index contributed by atoms with van der Waals surface area (Å²) in [6.45, 7) is 4.31. The lowest BCUT2D eigenvalue weighted by Crippen LogP contribution is -2.25. The normalized spacial score (nSPS) is 23.6. The van der Waals surface area contributed by atoms with Crippen LogP contribution < -0.4 is 0 Å². The van der Waals surface area contributed by atoms with Crippen LogP contribution in [0.1, 0.15) is 30.6 Å². The van der Waals surface area contributed by atoms with Crippen LogP contribution in [0, 0.1) is 0 Å². The van der Waals surface area contributed by atoms with Gasteiger partial charge in [0, 0.05) is 6.42 Å². The molecule has 1 fully saturated rings. The average molecular weight is 360 g/mol. The van der Waals surface area contributed by atoms with E-state index < -0.39 is 33.1 Å². The molecule has 0 aromatic heterocycles. The van der Waals surface area contributed by atoms with Gasteiger partial charge in [0.15, 0.2) is 6.29 Å². The molecule has 0 bridgehead atoms. The second-order valence-corrected chi connectivity index (χ2v) is 6.16. The molecular formula is C16H22FO6P. The largest absolute Gasteiger partial charge is 0.459 e. The molecule has 0 amide bonds. The van der Waals surface area contributed by atoms with E-state index in [1.54, 1.807) is 30.3 Å². The zero-order valence-electron chi connectivity index (χ0n) is 13.7. The number of rotatable bonds is 9. The Hall–Kier alpha value is -1.11. The van der Waals surface area contributed by atoms with Crippen LogP contribution >= 0.6 is 8.60 Å². The van der Waals surface area contributed by atoms with E-state index >= 15 is 0 Å². The summed E-state index contributed by atoms with van der Waals surface area (Å²) in [4.78, 5) is 11.9. The molecule has 1 heterocycles. The molecule has 0 unspecified atom stereocenters. The topological polar surface area (TPSA) is 63.2 Å². The van der Waals surface area contributed by atoms with Gasteiger partial charge in [-0.05, 0) is 26.0 Å². The number of benzene rings is 1. The molecule has 0 N–H and O–H groups in total. The molecule has 0 spiro atoms. The number of alkyl halides is 1. The molecule has 1 aromatic rings. The number of hydrogen-bond donors (Lipinski definition) is 0. The predicted molar refractivity (Wildman–Crippen MR) is 86.2 cm³/mol. The summed E-state index contributed by atoms with van der Waals surface area (Å²) in [6.07, 6.45) is -2.86. The molecule has 0 saturated carbocycles. The van der Waals surface area contributed by atoms with E-state index in [1.165, 1.54) is 0 Å². The van der Waals surface area contributed by atoms with Crippen LogP contribution in [0.2, 0.25) is 0 Å². The Morgan fingerprint density at radius 2 is 1.92 bits per heavy atom. The van der Waals surface area contributed by atoms with Gasteiger partial charge >= 0.3 is 14.6 Å². The minimum Gasteiger partial charge on any atom is -0.459 e. The van der Waals surface area contributed by atoms with Gasteiger partial charge in [-0.15, -0.1) is 0 Å². The third kappa shape index (κ3) is 5.76. The summed E-state index contributed by atoms with van der Waals surface area (Å²) in [5.41, 5.74) is 0.412. The lowest BCUT2D eigenvalue weighted by molar-refractivity contribution is -0.0987.